The summed E-state index contributed by atoms with van der Waals surface area (Å²) < 4.78 is 10.6. The van der Waals surface area contributed by atoms with Gasteiger partial charge in [0.1, 0.15) is 16.9 Å². The van der Waals surface area contributed by atoms with E-state index in [1.165, 1.54) is 12.8 Å². The number of hydrogen-bond donors (Lipinski definition) is 2. The van der Waals surface area contributed by atoms with Crippen molar-refractivity contribution < 1.29 is 9.53 Å². The Morgan fingerprint density at radius 2 is 1.95 bits per heavy atom. The normalized spacial score (nSPS) is 24.7. The van der Waals surface area contributed by atoms with Crippen molar-refractivity contribution in [3.63, 3.8) is 0 Å². The Labute approximate surface area is 227 Å². The van der Waals surface area contributed by atoms with Crippen LogP contribution in [0.3, 0.4) is 0 Å². The number of hydrogen-bond acceptors (Lipinski definition) is 6. The average molecular weight is 526 g/mol. The lowest BCUT2D eigenvalue weighted by molar-refractivity contribution is 0.0700. The molecule has 39 heavy (non-hydrogen) atoms. The zero-order valence-corrected chi connectivity index (χ0v) is 22.3. The van der Waals surface area contributed by atoms with E-state index in [-0.39, 0.29) is 18.0 Å². The Morgan fingerprint density at radius 3 is 2.64 bits per heavy atom. The van der Waals surface area contributed by atoms with Crippen LogP contribution in [0.2, 0.25) is 0 Å². The van der Waals surface area contributed by atoms with Crippen LogP contribution in [0.25, 0.3) is 33.6 Å². The van der Waals surface area contributed by atoms with Gasteiger partial charge in [-0.25, -0.2) is 9.97 Å². The van der Waals surface area contributed by atoms with Gasteiger partial charge in [-0.3, -0.25) is 4.79 Å². The van der Waals surface area contributed by atoms with Gasteiger partial charge in [0.25, 0.3) is 5.91 Å². The van der Waals surface area contributed by atoms with Gasteiger partial charge in [-0.2, -0.15) is 0 Å². The molecule has 1 aromatic carbocycles. The molecule has 4 fully saturated rings. The number of rotatable bonds is 7. The minimum atomic E-state index is 0.0317. The molecule has 2 aliphatic carbocycles. The second-order valence-corrected chi connectivity index (χ2v) is 12.1. The Kier molecular flexibility index (Phi) is 5.29. The first-order chi connectivity index (χ1) is 19.1. The van der Waals surface area contributed by atoms with Gasteiger partial charge < -0.3 is 29.8 Å². The fraction of sp³-hybridized carbons (Fsp3) is 0.500. The molecule has 3 atom stereocenters. The monoisotopic (exact) mass is 525 g/mol. The summed E-state index contributed by atoms with van der Waals surface area (Å²) in [6, 6.07) is 10.4. The number of amides is 1. The van der Waals surface area contributed by atoms with Crippen LogP contribution in [-0.2, 0) is 13.1 Å². The summed E-state index contributed by atoms with van der Waals surface area (Å²) in [5.74, 6) is 3.26. The van der Waals surface area contributed by atoms with Gasteiger partial charge in [0.05, 0.1) is 18.3 Å². The lowest BCUT2D eigenvalue weighted by atomic mass is 10.0. The summed E-state index contributed by atoms with van der Waals surface area (Å²) in [6.45, 7) is 4.51. The van der Waals surface area contributed by atoms with E-state index in [0.29, 0.717) is 29.1 Å². The van der Waals surface area contributed by atoms with E-state index in [9.17, 15) is 4.79 Å². The molecule has 5 heterocycles. The lowest BCUT2D eigenvalue weighted by Crippen LogP contribution is -2.44. The minimum absolute atomic E-state index is 0.0317. The number of piperidine rings is 1. The first-order valence-electron chi connectivity index (χ1n) is 14.4. The smallest absolute Gasteiger partial charge is 0.254 e. The van der Waals surface area contributed by atoms with Crippen LogP contribution in [0.4, 0.5) is 0 Å². The van der Waals surface area contributed by atoms with E-state index < -0.39 is 0 Å². The molecule has 9 nitrogen and oxygen atoms in total. The average Bonchev–Trinajstić information content (AvgIpc) is 3.28. The number of ether oxygens (including phenoxy) is 1. The van der Waals surface area contributed by atoms with Crippen molar-refractivity contribution in [2.75, 3.05) is 26.7 Å². The molecule has 202 valence electrons. The van der Waals surface area contributed by atoms with Gasteiger partial charge in [0.15, 0.2) is 5.82 Å². The van der Waals surface area contributed by atoms with E-state index in [1.54, 1.807) is 7.11 Å². The highest BCUT2D eigenvalue weighted by atomic mass is 16.5. The van der Waals surface area contributed by atoms with E-state index in [1.807, 2.05) is 29.3 Å². The molecule has 3 aromatic heterocycles. The van der Waals surface area contributed by atoms with Crippen LogP contribution in [0, 0.1) is 17.8 Å². The van der Waals surface area contributed by atoms with Crippen molar-refractivity contribution in [3.8, 4) is 17.3 Å². The molecule has 1 amide bonds. The van der Waals surface area contributed by atoms with Gasteiger partial charge >= 0.3 is 0 Å². The van der Waals surface area contributed by atoms with Crippen molar-refractivity contribution >= 4 is 28.0 Å². The van der Waals surface area contributed by atoms with Gasteiger partial charge in [-0.1, -0.05) is 0 Å². The molecule has 0 radical (unpaired) electrons. The van der Waals surface area contributed by atoms with Crippen molar-refractivity contribution in [2.24, 2.45) is 23.5 Å². The second-order valence-electron chi connectivity index (χ2n) is 12.1. The molecule has 2 aliphatic heterocycles. The lowest BCUT2D eigenvalue weighted by Gasteiger charge is -2.29. The Morgan fingerprint density at radius 1 is 1.10 bits per heavy atom. The highest BCUT2D eigenvalue weighted by Crippen LogP contribution is 2.40. The number of methoxy groups -OCH3 is 1. The van der Waals surface area contributed by atoms with E-state index in [0.717, 1.165) is 79.2 Å². The maximum absolute atomic E-state index is 13.7. The fourth-order valence-electron chi connectivity index (χ4n) is 7.08. The number of fused-ring (bicyclic) bond motifs is 4. The minimum Gasteiger partial charge on any atom is -0.494 e. The summed E-state index contributed by atoms with van der Waals surface area (Å²) in [6.07, 6.45) is 6.50. The van der Waals surface area contributed by atoms with Crippen LogP contribution in [0.5, 0.6) is 5.75 Å². The van der Waals surface area contributed by atoms with Crippen molar-refractivity contribution in [2.45, 2.75) is 50.9 Å². The SMILES string of the molecule is COc1cc(C(=O)N2CC3CCC2[C@@H]3N)cc2nc(-c3cc4cccnc4n3CC3CC3)n(CC3CNC3)c12. The maximum atomic E-state index is 13.7. The van der Waals surface area contributed by atoms with E-state index >= 15 is 0 Å². The Bertz CT molecular complexity index is 1600. The number of benzene rings is 1. The van der Waals surface area contributed by atoms with Crippen molar-refractivity contribution in [3.05, 3.63) is 42.1 Å². The fourth-order valence-corrected chi connectivity index (χ4v) is 7.08. The number of carbonyl (C=O) groups is 1. The van der Waals surface area contributed by atoms with Gasteiger partial charge in [-0.05, 0) is 67.9 Å². The number of likely N-dealkylation sites (tertiary alicyclic amines) is 1. The number of nitrogens with zero attached hydrogens (tertiary/aromatic N) is 5. The predicted molar refractivity (Wildman–Crippen MR) is 150 cm³/mol. The largest absolute Gasteiger partial charge is 0.494 e. The summed E-state index contributed by atoms with van der Waals surface area (Å²) in [5, 5.41) is 4.53. The van der Waals surface area contributed by atoms with Crippen molar-refractivity contribution in [1.82, 2.24) is 29.3 Å². The molecule has 2 unspecified atom stereocenters. The molecule has 4 aliphatic rings. The molecule has 9 heteroatoms. The number of nitrogens with two attached hydrogens (primary N) is 1. The molecule has 4 aromatic rings. The number of pyridine rings is 1. The molecule has 2 saturated carbocycles. The zero-order chi connectivity index (χ0) is 26.2. The van der Waals surface area contributed by atoms with Gasteiger partial charge in [0, 0.05) is 67.9 Å². The topological polar surface area (TPSA) is 103 Å². The third-order valence-corrected chi connectivity index (χ3v) is 9.52. The third-order valence-electron chi connectivity index (χ3n) is 9.52. The number of aromatic nitrogens is 4. The van der Waals surface area contributed by atoms with E-state index in [2.05, 4.69) is 26.6 Å². The number of imidazole rings is 1. The maximum Gasteiger partial charge on any atom is 0.254 e. The summed E-state index contributed by atoms with van der Waals surface area (Å²) >= 11 is 0. The quantitative estimate of drug-likeness (QED) is 0.384. The molecule has 2 bridgehead atoms. The highest BCUT2D eigenvalue weighted by Gasteiger charge is 2.47. The van der Waals surface area contributed by atoms with Crippen LogP contribution in [-0.4, -0.2) is 68.7 Å². The molecular weight excluding hydrogens is 490 g/mol. The van der Waals surface area contributed by atoms with Crippen LogP contribution >= 0.6 is 0 Å². The van der Waals surface area contributed by atoms with Crippen LogP contribution in [0.1, 0.15) is 36.0 Å². The Balaban J connectivity index is 1.29. The number of nitrogens with one attached hydrogen (secondary N) is 1. The van der Waals surface area contributed by atoms with Crippen molar-refractivity contribution in [1.29, 1.82) is 0 Å². The number of carbonyl (C=O) groups excluding carboxylic acids is 1. The van der Waals surface area contributed by atoms with Gasteiger partial charge in [-0.15, -0.1) is 0 Å². The first-order valence-corrected chi connectivity index (χ1v) is 14.4. The third kappa shape index (κ3) is 3.70. The van der Waals surface area contributed by atoms with Gasteiger partial charge in [0.2, 0.25) is 0 Å². The highest BCUT2D eigenvalue weighted by molar-refractivity contribution is 6.00. The second kappa shape index (κ2) is 8.79. The molecule has 2 saturated heterocycles. The van der Waals surface area contributed by atoms with Crippen LogP contribution in [0.15, 0.2) is 36.5 Å². The standard InChI is InChI=1S/C30H35N7O2/c1-39-25-11-21(30(38)36-16-20-6-7-23(36)26(20)31)9-22-27(25)37(15-18-12-32-13-18)29(34-22)24-10-19-3-2-8-33-28(19)35(24)14-17-4-5-17/h2-3,8-11,17-18,20,23,26,32H,4-7,12-16,31H2,1H3/t20?,23?,26-/m1/s1. The summed E-state index contributed by atoms with van der Waals surface area (Å²) in [5.41, 5.74) is 10.9. The molecule has 8 rings (SSSR count). The zero-order valence-electron chi connectivity index (χ0n) is 22.3. The van der Waals surface area contributed by atoms with E-state index in [4.69, 9.17) is 20.4 Å². The summed E-state index contributed by atoms with van der Waals surface area (Å²) in [7, 11) is 1.69. The summed E-state index contributed by atoms with van der Waals surface area (Å²) in [4.78, 5) is 25.7. The molecule has 0 spiro atoms. The Hall–Kier alpha value is -3.43. The predicted octanol–water partition coefficient (Wildman–Crippen LogP) is 3.25. The molecule has 3 N–H and O–H groups in total. The first kappa shape index (κ1) is 23.5. The van der Waals surface area contributed by atoms with Crippen LogP contribution < -0.4 is 15.8 Å². The molecular formula is C30H35N7O2.